The standard InChI is InChI=1S/C15H23N3O5/c1-8(2)4-3-5-9-6-18(15(22)17-13(9)16)14-12(21)11(20)10(7-19)23-14/h3-4,6,8,10-12,14,19-21H,5,7H2,1-2H3,(H2,16,17,22)/b4-3+/t10-,11-,12+,14-/m1/s1. The zero-order valence-corrected chi connectivity index (χ0v) is 13.2. The van der Waals surface area contributed by atoms with E-state index >= 15 is 0 Å². The van der Waals surface area contributed by atoms with Crippen LogP contribution in [0.5, 0.6) is 0 Å². The lowest BCUT2D eigenvalue weighted by Gasteiger charge is -2.18. The van der Waals surface area contributed by atoms with Crippen LogP contribution in [0.3, 0.4) is 0 Å². The molecule has 2 rings (SSSR count). The van der Waals surface area contributed by atoms with E-state index in [9.17, 15) is 15.0 Å². The molecule has 0 aromatic carbocycles. The molecule has 1 fully saturated rings. The molecule has 23 heavy (non-hydrogen) atoms. The maximum Gasteiger partial charge on any atom is 0.351 e. The monoisotopic (exact) mass is 325 g/mol. The van der Waals surface area contributed by atoms with Gasteiger partial charge in [0.1, 0.15) is 24.1 Å². The number of anilines is 1. The molecule has 4 atom stereocenters. The summed E-state index contributed by atoms with van der Waals surface area (Å²) >= 11 is 0. The lowest BCUT2D eigenvalue weighted by atomic mass is 10.1. The van der Waals surface area contributed by atoms with E-state index in [4.69, 9.17) is 15.6 Å². The van der Waals surface area contributed by atoms with E-state index in [1.54, 1.807) is 0 Å². The Morgan fingerprint density at radius 2 is 2.13 bits per heavy atom. The third-order valence-electron chi connectivity index (χ3n) is 3.71. The topological polar surface area (TPSA) is 131 Å². The summed E-state index contributed by atoms with van der Waals surface area (Å²) in [7, 11) is 0. The van der Waals surface area contributed by atoms with Crippen molar-refractivity contribution in [1.29, 1.82) is 0 Å². The number of allylic oxidation sites excluding steroid dienone is 2. The van der Waals surface area contributed by atoms with Gasteiger partial charge in [-0.05, 0) is 12.3 Å². The lowest BCUT2D eigenvalue weighted by molar-refractivity contribution is -0.0550. The highest BCUT2D eigenvalue weighted by Gasteiger charge is 2.43. The number of hydrogen-bond acceptors (Lipinski definition) is 7. The summed E-state index contributed by atoms with van der Waals surface area (Å²) in [5, 5.41) is 29.0. The van der Waals surface area contributed by atoms with Crippen LogP contribution in [0, 0.1) is 5.92 Å². The number of aliphatic hydroxyl groups excluding tert-OH is 3. The van der Waals surface area contributed by atoms with Crippen LogP contribution >= 0.6 is 0 Å². The number of ether oxygens (including phenoxy) is 1. The van der Waals surface area contributed by atoms with E-state index in [0.717, 1.165) is 4.57 Å². The number of rotatable bonds is 5. The maximum atomic E-state index is 12.0. The fraction of sp³-hybridized carbons (Fsp3) is 0.600. The van der Waals surface area contributed by atoms with E-state index in [1.165, 1.54) is 6.20 Å². The molecule has 1 saturated heterocycles. The Morgan fingerprint density at radius 3 is 2.70 bits per heavy atom. The Kier molecular flexibility index (Phi) is 5.53. The Morgan fingerprint density at radius 1 is 1.43 bits per heavy atom. The minimum atomic E-state index is -1.34. The third kappa shape index (κ3) is 3.78. The van der Waals surface area contributed by atoms with Crippen LogP contribution in [0.25, 0.3) is 0 Å². The van der Waals surface area contributed by atoms with Crippen molar-refractivity contribution in [2.24, 2.45) is 5.92 Å². The van der Waals surface area contributed by atoms with Gasteiger partial charge in [0, 0.05) is 11.8 Å². The molecular weight excluding hydrogens is 302 g/mol. The Hall–Kier alpha value is -1.74. The van der Waals surface area contributed by atoms with Gasteiger partial charge in [0.25, 0.3) is 0 Å². The average Bonchev–Trinajstić information content (AvgIpc) is 2.77. The van der Waals surface area contributed by atoms with Gasteiger partial charge in [0.15, 0.2) is 6.23 Å². The summed E-state index contributed by atoms with van der Waals surface area (Å²) in [6, 6.07) is 0. The van der Waals surface area contributed by atoms with Crippen molar-refractivity contribution in [3.63, 3.8) is 0 Å². The molecule has 0 radical (unpaired) electrons. The average molecular weight is 325 g/mol. The van der Waals surface area contributed by atoms with Gasteiger partial charge < -0.3 is 25.8 Å². The van der Waals surface area contributed by atoms with Crippen LogP contribution in [0.4, 0.5) is 5.82 Å². The zero-order valence-electron chi connectivity index (χ0n) is 13.2. The van der Waals surface area contributed by atoms with E-state index in [2.05, 4.69) is 4.98 Å². The number of nitrogen functional groups attached to an aromatic ring is 1. The summed E-state index contributed by atoms with van der Waals surface area (Å²) < 4.78 is 6.45. The lowest BCUT2D eigenvalue weighted by Crippen LogP contribution is -2.36. The fourth-order valence-corrected chi connectivity index (χ4v) is 2.44. The molecule has 1 aliphatic heterocycles. The minimum absolute atomic E-state index is 0.117. The molecule has 5 N–H and O–H groups in total. The number of hydrogen-bond donors (Lipinski definition) is 4. The highest BCUT2D eigenvalue weighted by Crippen LogP contribution is 2.28. The van der Waals surface area contributed by atoms with Gasteiger partial charge in [-0.2, -0.15) is 4.98 Å². The molecule has 1 aromatic heterocycles. The summed E-state index contributed by atoms with van der Waals surface area (Å²) in [4.78, 5) is 15.8. The first kappa shape index (κ1) is 17.6. The van der Waals surface area contributed by atoms with Gasteiger partial charge in [0.2, 0.25) is 0 Å². The van der Waals surface area contributed by atoms with Crippen molar-refractivity contribution in [3.8, 4) is 0 Å². The summed E-state index contributed by atoms with van der Waals surface area (Å²) in [6.07, 6.45) is 1.18. The van der Waals surface area contributed by atoms with E-state index in [-0.39, 0.29) is 5.82 Å². The van der Waals surface area contributed by atoms with Crippen molar-refractivity contribution in [3.05, 3.63) is 34.4 Å². The molecule has 0 amide bonds. The Labute approximate surface area is 133 Å². The van der Waals surface area contributed by atoms with Gasteiger partial charge in [0.05, 0.1) is 6.61 Å². The van der Waals surface area contributed by atoms with Crippen LogP contribution < -0.4 is 11.4 Å². The first-order chi connectivity index (χ1) is 10.8. The highest BCUT2D eigenvalue weighted by molar-refractivity contribution is 5.38. The quantitative estimate of drug-likeness (QED) is 0.521. The van der Waals surface area contributed by atoms with Crippen LogP contribution in [0.2, 0.25) is 0 Å². The molecule has 8 heteroatoms. The Balaban J connectivity index is 2.30. The first-order valence-electron chi connectivity index (χ1n) is 7.51. The predicted molar refractivity (Wildman–Crippen MR) is 83.6 cm³/mol. The van der Waals surface area contributed by atoms with Crippen molar-refractivity contribution < 1.29 is 20.1 Å². The second-order valence-corrected chi connectivity index (χ2v) is 5.95. The molecular formula is C15H23N3O5. The number of aliphatic hydroxyl groups is 3. The first-order valence-corrected chi connectivity index (χ1v) is 7.51. The van der Waals surface area contributed by atoms with Crippen LogP contribution in [0.15, 0.2) is 23.1 Å². The molecule has 0 spiro atoms. The van der Waals surface area contributed by atoms with Crippen LogP contribution in [0.1, 0.15) is 25.6 Å². The molecule has 1 aliphatic rings. The summed E-state index contributed by atoms with van der Waals surface area (Å²) in [5.74, 6) is 0.502. The largest absolute Gasteiger partial charge is 0.394 e. The highest BCUT2D eigenvalue weighted by atomic mass is 16.6. The molecule has 2 heterocycles. The molecule has 0 aliphatic carbocycles. The van der Waals surface area contributed by atoms with E-state index < -0.39 is 36.8 Å². The Bertz CT molecular complexity index is 628. The molecule has 0 saturated carbocycles. The van der Waals surface area contributed by atoms with Crippen molar-refractivity contribution >= 4 is 5.82 Å². The number of nitrogens with zero attached hydrogens (tertiary/aromatic N) is 2. The van der Waals surface area contributed by atoms with Gasteiger partial charge in [-0.3, -0.25) is 4.57 Å². The summed E-state index contributed by atoms with van der Waals surface area (Å²) in [5.41, 5.74) is 5.69. The molecule has 0 bridgehead atoms. The third-order valence-corrected chi connectivity index (χ3v) is 3.71. The van der Waals surface area contributed by atoms with Crippen molar-refractivity contribution in [2.75, 3.05) is 12.3 Å². The van der Waals surface area contributed by atoms with Gasteiger partial charge >= 0.3 is 5.69 Å². The second kappa shape index (κ2) is 7.22. The van der Waals surface area contributed by atoms with Crippen LogP contribution in [-0.2, 0) is 11.2 Å². The van der Waals surface area contributed by atoms with E-state index in [0.29, 0.717) is 17.9 Å². The zero-order chi connectivity index (χ0) is 17.1. The molecule has 1 aromatic rings. The van der Waals surface area contributed by atoms with Crippen LogP contribution in [-0.4, -0.2) is 49.8 Å². The van der Waals surface area contributed by atoms with Gasteiger partial charge in [-0.1, -0.05) is 26.0 Å². The predicted octanol–water partition coefficient (Wildman–Crippen LogP) is -0.808. The minimum Gasteiger partial charge on any atom is -0.394 e. The SMILES string of the molecule is CC(C)/C=C/Cc1cn([C@@H]2O[C@H](CO)[C@@H](O)[C@@H]2O)c(=O)nc1N. The van der Waals surface area contributed by atoms with Gasteiger partial charge in [-0.15, -0.1) is 0 Å². The normalized spacial score (nSPS) is 28.1. The van der Waals surface area contributed by atoms with Crippen molar-refractivity contribution in [2.45, 2.75) is 44.8 Å². The number of aromatic nitrogens is 2. The summed E-state index contributed by atoms with van der Waals surface area (Å²) in [6.45, 7) is 3.62. The second-order valence-electron chi connectivity index (χ2n) is 5.95. The number of nitrogens with two attached hydrogens (primary N) is 1. The van der Waals surface area contributed by atoms with Gasteiger partial charge in [-0.25, -0.2) is 4.79 Å². The molecule has 128 valence electrons. The maximum absolute atomic E-state index is 12.0. The van der Waals surface area contributed by atoms with Crippen molar-refractivity contribution in [1.82, 2.24) is 9.55 Å². The fourth-order valence-electron chi connectivity index (χ4n) is 2.44. The van der Waals surface area contributed by atoms with E-state index in [1.807, 2.05) is 26.0 Å². The molecule has 8 nitrogen and oxygen atoms in total. The molecule has 0 unspecified atom stereocenters. The smallest absolute Gasteiger partial charge is 0.351 e.